The van der Waals surface area contributed by atoms with Crippen molar-refractivity contribution in [1.82, 2.24) is 19.5 Å². The van der Waals surface area contributed by atoms with Gasteiger partial charge in [-0.15, -0.1) is 0 Å². The molecule has 21 heavy (non-hydrogen) atoms. The first kappa shape index (κ1) is 12.9. The molecule has 0 bridgehead atoms. The summed E-state index contributed by atoms with van der Waals surface area (Å²) in [5, 5.41) is 29.7. The maximum Gasteiger partial charge on any atom is 0.167 e. The Bertz CT molecular complexity index is 706. The fourth-order valence-electron chi connectivity index (χ4n) is 3.14. The first-order valence-electron chi connectivity index (χ1n) is 6.66. The normalized spacial score (nSPS) is 38.4. The SMILES string of the molecule is Nc1ncnc2c1ncn2[C@@H]1O[C@]2(C[C@@H]2CO)[C@H](O)C1O. The lowest BCUT2D eigenvalue weighted by atomic mass is 10.1. The molecule has 1 aliphatic heterocycles. The fraction of sp³-hybridized carbons (Fsp3) is 0.583. The lowest BCUT2D eigenvalue weighted by Gasteiger charge is -2.16. The maximum atomic E-state index is 10.3. The number of fused-ring (bicyclic) bond motifs is 1. The molecule has 4 rings (SSSR count). The molecule has 2 aromatic rings. The summed E-state index contributed by atoms with van der Waals surface area (Å²) in [5.74, 6) is 0.0720. The van der Waals surface area contributed by atoms with Gasteiger partial charge in [-0.2, -0.15) is 0 Å². The van der Waals surface area contributed by atoms with Gasteiger partial charge < -0.3 is 25.8 Å². The predicted octanol–water partition coefficient (Wildman–Crippen LogP) is -1.59. The van der Waals surface area contributed by atoms with Gasteiger partial charge in [-0.25, -0.2) is 15.0 Å². The van der Waals surface area contributed by atoms with Crippen LogP contribution in [0.3, 0.4) is 0 Å². The van der Waals surface area contributed by atoms with Crippen LogP contribution < -0.4 is 5.73 Å². The molecule has 112 valence electrons. The zero-order valence-electron chi connectivity index (χ0n) is 11.0. The Morgan fingerprint density at radius 2 is 2.19 bits per heavy atom. The summed E-state index contributed by atoms with van der Waals surface area (Å²) in [6, 6.07) is 0. The Morgan fingerprint density at radius 3 is 2.90 bits per heavy atom. The molecule has 2 aliphatic rings. The Labute approximate surface area is 119 Å². The summed E-state index contributed by atoms with van der Waals surface area (Å²) in [4.78, 5) is 12.1. The van der Waals surface area contributed by atoms with Gasteiger partial charge in [0.15, 0.2) is 17.7 Å². The summed E-state index contributed by atoms with van der Waals surface area (Å²) in [6.07, 6.45) is 0.257. The largest absolute Gasteiger partial charge is 0.396 e. The van der Waals surface area contributed by atoms with Crippen molar-refractivity contribution >= 4 is 17.0 Å². The number of anilines is 1. The number of hydrogen-bond donors (Lipinski definition) is 4. The second kappa shape index (κ2) is 4.10. The number of rotatable bonds is 2. The van der Waals surface area contributed by atoms with Gasteiger partial charge in [0.25, 0.3) is 0 Å². The highest BCUT2D eigenvalue weighted by Crippen LogP contribution is 2.57. The van der Waals surface area contributed by atoms with Crippen LogP contribution in [-0.2, 0) is 4.74 Å². The van der Waals surface area contributed by atoms with Gasteiger partial charge in [0.1, 0.15) is 29.7 Å². The molecule has 5 atom stereocenters. The van der Waals surface area contributed by atoms with Crippen molar-refractivity contribution in [3.8, 4) is 0 Å². The van der Waals surface area contributed by atoms with E-state index in [4.69, 9.17) is 10.5 Å². The van der Waals surface area contributed by atoms with Gasteiger partial charge >= 0.3 is 0 Å². The number of aliphatic hydroxyl groups excluding tert-OH is 3. The highest BCUT2D eigenvalue weighted by Gasteiger charge is 2.68. The van der Waals surface area contributed by atoms with Crippen molar-refractivity contribution in [3.05, 3.63) is 12.7 Å². The minimum absolute atomic E-state index is 0.0870. The van der Waals surface area contributed by atoms with Crippen molar-refractivity contribution in [2.45, 2.75) is 30.5 Å². The minimum Gasteiger partial charge on any atom is -0.396 e. The number of imidazole rings is 1. The van der Waals surface area contributed by atoms with Crippen LogP contribution in [0.2, 0.25) is 0 Å². The number of aliphatic hydroxyl groups is 3. The molecular formula is C12H15N5O4. The molecule has 5 N–H and O–H groups in total. The van der Waals surface area contributed by atoms with Gasteiger partial charge in [0.05, 0.1) is 6.33 Å². The molecule has 1 aliphatic carbocycles. The number of nitrogens with two attached hydrogens (primary N) is 1. The fourth-order valence-corrected chi connectivity index (χ4v) is 3.14. The summed E-state index contributed by atoms with van der Waals surface area (Å²) < 4.78 is 7.37. The van der Waals surface area contributed by atoms with Gasteiger partial charge in [0, 0.05) is 12.5 Å². The number of aromatic nitrogens is 4. The molecule has 3 heterocycles. The zero-order valence-corrected chi connectivity index (χ0v) is 11.0. The van der Waals surface area contributed by atoms with E-state index in [0.29, 0.717) is 17.6 Å². The smallest absolute Gasteiger partial charge is 0.167 e. The summed E-state index contributed by atoms with van der Waals surface area (Å²) in [5.41, 5.74) is 5.69. The number of nitrogens with zero attached hydrogens (tertiary/aromatic N) is 4. The van der Waals surface area contributed by atoms with Crippen LogP contribution >= 0.6 is 0 Å². The van der Waals surface area contributed by atoms with Crippen molar-refractivity contribution < 1.29 is 20.1 Å². The van der Waals surface area contributed by atoms with E-state index < -0.39 is 24.0 Å². The van der Waals surface area contributed by atoms with Crippen LogP contribution in [0.15, 0.2) is 12.7 Å². The average molecular weight is 293 g/mol. The van der Waals surface area contributed by atoms with E-state index in [-0.39, 0.29) is 18.3 Å². The summed E-state index contributed by atoms with van der Waals surface area (Å²) >= 11 is 0. The second-order valence-corrected chi connectivity index (χ2v) is 5.57. The van der Waals surface area contributed by atoms with Crippen LogP contribution in [-0.4, -0.2) is 59.3 Å². The number of nitrogen functional groups attached to an aromatic ring is 1. The molecule has 1 unspecified atom stereocenters. The molecule has 0 amide bonds. The molecule has 2 fully saturated rings. The van der Waals surface area contributed by atoms with E-state index in [1.807, 2.05) is 0 Å². The molecule has 1 saturated carbocycles. The van der Waals surface area contributed by atoms with Crippen molar-refractivity contribution in [2.75, 3.05) is 12.3 Å². The third-order valence-corrected chi connectivity index (χ3v) is 4.43. The van der Waals surface area contributed by atoms with Crippen molar-refractivity contribution in [1.29, 1.82) is 0 Å². The van der Waals surface area contributed by atoms with E-state index in [9.17, 15) is 15.3 Å². The zero-order chi connectivity index (χ0) is 14.8. The topological polar surface area (TPSA) is 140 Å². The molecule has 9 heteroatoms. The van der Waals surface area contributed by atoms with Gasteiger partial charge in [0.2, 0.25) is 0 Å². The molecule has 0 aromatic carbocycles. The van der Waals surface area contributed by atoms with E-state index >= 15 is 0 Å². The average Bonchev–Trinajstić information content (AvgIpc) is 2.94. The third kappa shape index (κ3) is 1.57. The first-order chi connectivity index (χ1) is 10.1. The predicted molar refractivity (Wildman–Crippen MR) is 69.8 cm³/mol. The Kier molecular flexibility index (Phi) is 2.52. The summed E-state index contributed by atoms with van der Waals surface area (Å²) in [7, 11) is 0. The number of hydrogen-bond acceptors (Lipinski definition) is 8. The quantitative estimate of drug-likeness (QED) is 0.519. The maximum absolute atomic E-state index is 10.3. The molecule has 2 aromatic heterocycles. The summed E-state index contributed by atoms with van der Waals surface area (Å²) in [6.45, 7) is -0.0870. The van der Waals surface area contributed by atoms with Crippen LogP contribution in [0.1, 0.15) is 12.6 Å². The lowest BCUT2D eigenvalue weighted by molar-refractivity contribution is -0.0563. The minimum atomic E-state index is -1.13. The van der Waals surface area contributed by atoms with E-state index in [2.05, 4.69) is 15.0 Å². The monoisotopic (exact) mass is 293 g/mol. The van der Waals surface area contributed by atoms with Crippen LogP contribution in [0, 0.1) is 5.92 Å². The number of ether oxygens (including phenoxy) is 1. The molecule has 9 nitrogen and oxygen atoms in total. The second-order valence-electron chi connectivity index (χ2n) is 5.57. The Morgan fingerprint density at radius 1 is 1.38 bits per heavy atom. The highest BCUT2D eigenvalue weighted by molar-refractivity contribution is 5.81. The van der Waals surface area contributed by atoms with Gasteiger partial charge in [-0.1, -0.05) is 0 Å². The van der Waals surface area contributed by atoms with Gasteiger partial charge in [-0.05, 0) is 6.42 Å². The first-order valence-corrected chi connectivity index (χ1v) is 6.66. The third-order valence-electron chi connectivity index (χ3n) is 4.43. The van der Waals surface area contributed by atoms with Crippen LogP contribution in [0.5, 0.6) is 0 Å². The van der Waals surface area contributed by atoms with E-state index in [1.165, 1.54) is 17.2 Å². The molecule has 0 radical (unpaired) electrons. The Hall–Kier alpha value is -1.81. The van der Waals surface area contributed by atoms with E-state index in [1.54, 1.807) is 0 Å². The van der Waals surface area contributed by atoms with Crippen molar-refractivity contribution in [2.24, 2.45) is 5.92 Å². The van der Waals surface area contributed by atoms with Crippen LogP contribution in [0.25, 0.3) is 11.2 Å². The van der Waals surface area contributed by atoms with Gasteiger partial charge in [-0.3, -0.25) is 4.57 Å². The van der Waals surface area contributed by atoms with Crippen molar-refractivity contribution in [3.63, 3.8) is 0 Å². The molecule has 1 spiro atoms. The Balaban J connectivity index is 1.75. The standard InChI is InChI=1S/C12H15N5O4/c13-9-6-10(15-3-14-9)17(4-16-6)11-7(19)8(20)12(21-11)1-5(12)2-18/h3-5,7-8,11,18-20H,1-2H2,(H2,13,14,15)/t5-,7?,8-,11-,12+/m1/s1. The lowest BCUT2D eigenvalue weighted by Crippen LogP contribution is -2.34. The van der Waals surface area contributed by atoms with E-state index in [0.717, 1.165) is 0 Å². The highest BCUT2D eigenvalue weighted by atomic mass is 16.6. The molecular weight excluding hydrogens is 278 g/mol. The van der Waals surface area contributed by atoms with Crippen LogP contribution in [0.4, 0.5) is 5.82 Å². The molecule has 1 saturated heterocycles.